The Balaban J connectivity index is 1.67. The summed E-state index contributed by atoms with van der Waals surface area (Å²) in [6.07, 6.45) is 2.83. The number of hydrogen-bond acceptors (Lipinski definition) is 6. The molecule has 0 aliphatic carbocycles. The van der Waals surface area contributed by atoms with E-state index in [-0.39, 0.29) is 0 Å². The van der Waals surface area contributed by atoms with Gasteiger partial charge < -0.3 is 4.74 Å². The van der Waals surface area contributed by atoms with E-state index in [1.54, 1.807) is 7.11 Å². The van der Waals surface area contributed by atoms with Crippen molar-refractivity contribution < 1.29 is 9.13 Å². The van der Waals surface area contributed by atoms with Crippen LogP contribution in [0.2, 0.25) is 0 Å². The van der Waals surface area contributed by atoms with E-state index in [0.29, 0.717) is 17.2 Å². The second-order valence-electron chi connectivity index (χ2n) is 4.84. The van der Waals surface area contributed by atoms with Gasteiger partial charge in [-0.2, -0.15) is 14.6 Å². The lowest BCUT2D eigenvalue weighted by Gasteiger charge is -2.00. The van der Waals surface area contributed by atoms with Crippen molar-refractivity contribution >= 4 is 22.7 Å². The van der Waals surface area contributed by atoms with Gasteiger partial charge in [0.25, 0.3) is 0 Å². The lowest BCUT2D eigenvalue weighted by molar-refractivity contribution is 0.415. The summed E-state index contributed by atoms with van der Waals surface area (Å²) in [5.74, 6) is 0.396. The number of methoxy groups -OCH3 is 1. The monoisotopic (exact) mass is 345 g/mol. The van der Waals surface area contributed by atoms with Gasteiger partial charge in [-0.1, -0.05) is 0 Å². The van der Waals surface area contributed by atoms with Gasteiger partial charge in [0.15, 0.2) is 0 Å². The Labute approximate surface area is 142 Å². The van der Waals surface area contributed by atoms with Gasteiger partial charge >= 0.3 is 0 Å². The Bertz CT molecular complexity index is 841. The molecule has 6 nitrogen and oxygen atoms in total. The second-order valence-corrected chi connectivity index (χ2v) is 5.70. The largest absolute Gasteiger partial charge is 0.497 e. The Morgan fingerprint density at radius 1 is 1.38 bits per heavy atom. The summed E-state index contributed by atoms with van der Waals surface area (Å²) < 4.78 is 20.2. The molecule has 0 amide bonds. The van der Waals surface area contributed by atoms with Crippen molar-refractivity contribution in [3.05, 3.63) is 47.4 Å². The summed E-state index contributed by atoms with van der Waals surface area (Å²) >= 11 is 1.42. The van der Waals surface area contributed by atoms with E-state index in [4.69, 9.17) is 4.74 Å². The Hall–Kier alpha value is -2.74. The van der Waals surface area contributed by atoms with Crippen LogP contribution in [0.4, 0.5) is 9.52 Å². The molecule has 3 aromatic rings. The van der Waals surface area contributed by atoms with Gasteiger partial charge in [0.1, 0.15) is 5.75 Å². The zero-order valence-electron chi connectivity index (χ0n) is 13.2. The number of aromatic nitrogens is 3. The molecule has 0 radical (unpaired) electrons. The third-order valence-corrected chi connectivity index (χ3v) is 4.10. The zero-order chi connectivity index (χ0) is 16.9. The molecule has 0 saturated carbocycles. The fourth-order valence-electron chi connectivity index (χ4n) is 2.07. The second kappa shape index (κ2) is 7.22. The number of hydrogen-bond donors (Lipinski definition) is 1. The van der Waals surface area contributed by atoms with Crippen molar-refractivity contribution in [2.24, 2.45) is 5.10 Å². The van der Waals surface area contributed by atoms with E-state index in [1.807, 2.05) is 36.6 Å². The normalized spacial score (nSPS) is 11.1. The highest BCUT2D eigenvalue weighted by Gasteiger charge is 2.07. The first-order valence-corrected chi connectivity index (χ1v) is 8.19. The number of halogens is 1. The van der Waals surface area contributed by atoms with Crippen LogP contribution in [-0.2, 0) is 6.54 Å². The topological polar surface area (TPSA) is 64.3 Å². The molecule has 0 aliphatic heterocycles. The first-order valence-electron chi connectivity index (χ1n) is 7.31. The highest BCUT2D eigenvalue weighted by atomic mass is 32.1. The van der Waals surface area contributed by atoms with Crippen molar-refractivity contribution in [2.45, 2.75) is 13.5 Å². The number of nitrogens with one attached hydrogen (secondary N) is 1. The van der Waals surface area contributed by atoms with E-state index >= 15 is 0 Å². The average molecular weight is 345 g/mol. The summed E-state index contributed by atoms with van der Waals surface area (Å²) in [6.45, 7) is 2.30. The molecule has 1 N–H and O–H groups in total. The maximum Gasteiger partial charge on any atom is 0.220 e. The summed E-state index contributed by atoms with van der Waals surface area (Å²) in [6, 6.07) is 7.65. The highest BCUT2D eigenvalue weighted by Crippen LogP contribution is 2.26. The number of nitrogens with zero attached hydrogens (tertiary/aromatic N) is 4. The molecule has 1 aromatic carbocycles. The predicted molar refractivity (Wildman–Crippen MR) is 93.2 cm³/mol. The van der Waals surface area contributed by atoms with Crippen LogP contribution in [0.15, 0.2) is 40.9 Å². The quantitative estimate of drug-likeness (QED) is 0.547. The van der Waals surface area contributed by atoms with Crippen LogP contribution in [0.25, 0.3) is 11.3 Å². The molecule has 0 unspecified atom stereocenters. The maximum absolute atomic E-state index is 13.8. The minimum Gasteiger partial charge on any atom is -0.497 e. The fourth-order valence-corrected chi connectivity index (χ4v) is 2.74. The molecule has 0 fully saturated rings. The SMILES string of the molecule is CCn1ncc(/C=N/Nc2nc(-c3ccc(OC)cc3)cs2)c1F. The third kappa shape index (κ3) is 3.43. The minimum absolute atomic E-state index is 0.330. The Morgan fingerprint density at radius 2 is 2.17 bits per heavy atom. The molecule has 2 aromatic heterocycles. The van der Waals surface area contributed by atoms with Gasteiger partial charge in [-0.15, -0.1) is 11.3 Å². The van der Waals surface area contributed by atoms with Crippen molar-refractivity contribution in [1.82, 2.24) is 14.8 Å². The number of rotatable bonds is 6. The molecule has 124 valence electrons. The maximum atomic E-state index is 13.8. The molecule has 0 saturated heterocycles. The van der Waals surface area contributed by atoms with Crippen LogP contribution in [0, 0.1) is 5.95 Å². The number of thiazole rings is 1. The first-order chi connectivity index (χ1) is 11.7. The molecule has 0 spiro atoms. The highest BCUT2D eigenvalue weighted by molar-refractivity contribution is 7.14. The lowest BCUT2D eigenvalue weighted by Crippen LogP contribution is -2.00. The van der Waals surface area contributed by atoms with Crippen LogP contribution < -0.4 is 10.2 Å². The van der Waals surface area contributed by atoms with Crippen LogP contribution in [-0.4, -0.2) is 28.1 Å². The summed E-state index contributed by atoms with van der Waals surface area (Å²) in [5, 5.41) is 10.5. The van der Waals surface area contributed by atoms with E-state index in [0.717, 1.165) is 17.0 Å². The van der Waals surface area contributed by atoms with E-state index in [9.17, 15) is 4.39 Å². The molecule has 3 rings (SSSR count). The van der Waals surface area contributed by atoms with Crippen molar-refractivity contribution in [1.29, 1.82) is 0 Å². The molecule has 24 heavy (non-hydrogen) atoms. The van der Waals surface area contributed by atoms with Gasteiger partial charge in [0.2, 0.25) is 11.1 Å². The summed E-state index contributed by atoms with van der Waals surface area (Å²) in [4.78, 5) is 4.45. The number of hydrazone groups is 1. The van der Waals surface area contributed by atoms with Crippen molar-refractivity contribution in [2.75, 3.05) is 12.5 Å². The van der Waals surface area contributed by atoms with Crippen molar-refractivity contribution in [3.8, 4) is 17.0 Å². The number of anilines is 1. The van der Waals surface area contributed by atoms with Gasteiger partial charge in [-0.3, -0.25) is 5.43 Å². The molecule has 0 bridgehead atoms. The first kappa shape index (κ1) is 16.1. The van der Waals surface area contributed by atoms with Crippen molar-refractivity contribution in [3.63, 3.8) is 0 Å². The van der Waals surface area contributed by atoms with Crippen LogP contribution >= 0.6 is 11.3 Å². The molecule has 0 atom stereocenters. The smallest absolute Gasteiger partial charge is 0.220 e. The number of aryl methyl sites for hydroxylation is 1. The van der Waals surface area contributed by atoms with Crippen LogP contribution in [0.3, 0.4) is 0 Å². The number of benzene rings is 1. The summed E-state index contributed by atoms with van der Waals surface area (Å²) in [5.41, 5.74) is 4.96. The van der Waals surface area contributed by atoms with Gasteiger partial charge in [0.05, 0.1) is 30.8 Å². The van der Waals surface area contributed by atoms with Crippen LogP contribution in [0.1, 0.15) is 12.5 Å². The zero-order valence-corrected chi connectivity index (χ0v) is 14.0. The van der Waals surface area contributed by atoms with Gasteiger partial charge in [-0.05, 0) is 31.2 Å². The standard InChI is InChI=1S/C16H16FN5OS/c1-3-22-15(17)12(9-19-22)8-18-21-16-20-14(10-24-16)11-4-6-13(23-2)7-5-11/h4-10H,3H2,1-2H3,(H,20,21)/b18-8+. The third-order valence-electron chi connectivity index (χ3n) is 3.35. The van der Waals surface area contributed by atoms with E-state index < -0.39 is 5.95 Å². The Kier molecular flexibility index (Phi) is 4.85. The van der Waals surface area contributed by atoms with E-state index in [1.165, 1.54) is 28.4 Å². The number of ether oxygens (including phenoxy) is 1. The summed E-state index contributed by atoms with van der Waals surface area (Å²) in [7, 11) is 1.63. The molecular formula is C16H16FN5OS. The fraction of sp³-hybridized carbons (Fsp3) is 0.188. The van der Waals surface area contributed by atoms with Crippen LogP contribution in [0.5, 0.6) is 5.75 Å². The minimum atomic E-state index is -0.402. The Morgan fingerprint density at radius 3 is 2.83 bits per heavy atom. The lowest BCUT2D eigenvalue weighted by atomic mass is 10.2. The molecular weight excluding hydrogens is 329 g/mol. The van der Waals surface area contributed by atoms with Gasteiger partial charge in [0, 0.05) is 17.5 Å². The predicted octanol–water partition coefficient (Wildman–Crippen LogP) is 3.62. The van der Waals surface area contributed by atoms with E-state index in [2.05, 4.69) is 20.6 Å². The molecule has 0 aliphatic rings. The van der Waals surface area contributed by atoms with Gasteiger partial charge in [-0.25, -0.2) is 9.67 Å². The average Bonchev–Trinajstić information content (AvgIpc) is 3.22. The molecule has 8 heteroatoms. The molecule has 2 heterocycles.